The summed E-state index contributed by atoms with van der Waals surface area (Å²) < 4.78 is 36.5. The molecule has 142 valence electrons. The quantitative estimate of drug-likeness (QED) is 0.331. The largest absolute Gasteiger partial charge is 0.405 e. The molecule has 1 aromatic rings. The Bertz CT molecular complexity index is 674. The molecular formula is C15H19F3N6S2. The van der Waals surface area contributed by atoms with E-state index in [0.29, 0.717) is 23.1 Å². The second-order valence-corrected chi connectivity index (χ2v) is 5.72. The number of halogens is 3. The Morgan fingerprint density at radius 2 is 1.58 bits per heavy atom. The number of alkyl halides is 3. The molecule has 0 amide bonds. The SMILES string of the molecule is CCNC(=S)NN=C(C(C)=NNC(=S)NCC(F)(F)F)c1ccccc1. The molecule has 6 nitrogen and oxygen atoms in total. The summed E-state index contributed by atoms with van der Waals surface area (Å²) in [7, 11) is 0. The third-order valence-electron chi connectivity index (χ3n) is 2.77. The summed E-state index contributed by atoms with van der Waals surface area (Å²) in [6.45, 7) is 2.92. The van der Waals surface area contributed by atoms with Crippen LogP contribution in [-0.4, -0.2) is 40.9 Å². The highest BCUT2D eigenvalue weighted by molar-refractivity contribution is 7.80. The highest BCUT2D eigenvalue weighted by atomic mass is 32.1. The summed E-state index contributed by atoms with van der Waals surface area (Å²) in [5.74, 6) is 0. The van der Waals surface area contributed by atoms with Crippen LogP contribution in [-0.2, 0) is 0 Å². The number of nitrogens with one attached hydrogen (secondary N) is 4. The van der Waals surface area contributed by atoms with Crippen LogP contribution >= 0.6 is 24.4 Å². The first-order chi connectivity index (χ1) is 12.2. The van der Waals surface area contributed by atoms with Gasteiger partial charge in [0.05, 0.1) is 5.71 Å². The zero-order chi connectivity index (χ0) is 19.6. The van der Waals surface area contributed by atoms with Gasteiger partial charge < -0.3 is 10.6 Å². The van der Waals surface area contributed by atoms with Gasteiger partial charge in [-0.3, -0.25) is 10.9 Å². The predicted molar refractivity (Wildman–Crippen MR) is 105 cm³/mol. The van der Waals surface area contributed by atoms with E-state index in [9.17, 15) is 13.2 Å². The van der Waals surface area contributed by atoms with Gasteiger partial charge >= 0.3 is 6.18 Å². The number of hydrogen-bond acceptors (Lipinski definition) is 4. The first kappa shape index (κ1) is 21.8. The van der Waals surface area contributed by atoms with Crippen molar-refractivity contribution in [1.29, 1.82) is 0 Å². The summed E-state index contributed by atoms with van der Waals surface area (Å²) in [5, 5.41) is 13.2. The third kappa shape index (κ3) is 8.72. The first-order valence-electron chi connectivity index (χ1n) is 7.55. The number of nitrogens with zero attached hydrogens (tertiary/aromatic N) is 2. The van der Waals surface area contributed by atoms with Crippen LogP contribution in [0.15, 0.2) is 40.5 Å². The lowest BCUT2D eigenvalue weighted by atomic mass is 10.1. The summed E-state index contributed by atoms with van der Waals surface area (Å²) in [4.78, 5) is 0. The number of hydrogen-bond donors (Lipinski definition) is 4. The van der Waals surface area contributed by atoms with E-state index in [0.717, 1.165) is 5.56 Å². The molecule has 1 rings (SSSR count). The summed E-state index contributed by atoms with van der Waals surface area (Å²) in [6.07, 6.45) is -4.37. The van der Waals surface area contributed by atoms with Gasteiger partial charge in [0, 0.05) is 12.1 Å². The zero-order valence-corrected chi connectivity index (χ0v) is 15.8. The molecule has 0 bridgehead atoms. The fraction of sp³-hybridized carbons (Fsp3) is 0.333. The van der Waals surface area contributed by atoms with Crippen molar-refractivity contribution < 1.29 is 13.2 Å². The number of thiocarbonyl (C=S) groups is 2. The van der Waals surface area contributed by atoms with Gasteiger partial charge in [-0.2, -0.15) is 23.4 Å². The Hall–Kier alpha value is -2.27. The second kappa shape index (κ2) is 10.7. The normalized spacial score (nSPS) is 12.3. The van der Waals surface area contributed by atoms with Gasteiger partial charge in [0.2, 0.25) is 0 Å². The van der Waals surface area contributed by atoms with Gasteiger partial charge in [0.25, 0.3) is 0 Å². The minimum Gasteiger partial charge on any atom is -0.362 e. The monoisotopic (exact) mass is 404 g/mol. The standard InChI is InChI=1S/C15H19F3N6S2/c1-3-19-13(25)24-22-12(11-7-5-4-6-8-11)10(2)21-23-14(26)20-9-15(16,17)18/h4-8H,3,9H2,1-2H3,(H2,19,24,25)(H2,20,23,26). The Kier molecular flexibility index (Phi) is 8.93. The zero-order valence-electron chi connectivity index (χ0n) is 14.1. The van der Waals surface area contributed by atoms with Crippen molar-refractivity contribution in [3.05, 3.63) is 35.9 Å². The lowest BCUT2D eigenvalue weighted by Gasteiger charge is -2.11. The van der Waals surface area contributed by atoms with Gasteiger partial charge in [-0.05, 0) is 38.3 Å². The van der Waals surface area contributed by atoms with Crippen LogP contribution in [0.5, 0.6) is 0 Å². The third-order valence-corrected chi connectivity index (χ3v) is 3.24. The molecule has 0 saturated heterocycles. The van der Waals surface area contributed by atoms with E-state index >= 15 is 0 Å². The van der Waals surface area contributed by atoms with Gasteiger partial charge in [0.1, 0.15) is 12.3 Å². The maximum Gasteiger partial charge on any atom is 0.405 e. The van der Waals surface area contributed by atoms with Crippen molar-refractivity contribution in [3.63, 3.8) is 0 Å². The Morgan fingerprint density at radius 3 is 2.15 bits per heavy atom. The van der Waals surface area contributed by atoms with E-state index < -0.39 is 12.7 Å². The molecule has 0 fully saturated rings. The van der Waals surface area contributed by atoms with Crippen LogP contribution in [0.1, 0.15) is 19.4 Å². The topological polar surface area (TPSA) is 72.8 Å². The molecule has 0 radical (unpaired) electrons. The van der Waals surface area contributed by atoms with Crippen LogP contribution in [0.25, 0.3) is 0 Å². The van der Waals surface area contributed by atoms with Crippen molar-refractivity contribution >= 4 is 46.1 Å². The van der Waals surface area contributed by atoms with Crippen molar-refractivity contribution in [2.24, 2.45) is 10.2 Å². The van der Waals surface area contributed by atoms with E-state index in [-0.39, 0.29) is 5.11 Å². The number of hydrazone groups is 2. The molecule has 0 aliphatic carbocycles. The maximum absolute atomic E-state index is 12.2. The van der Waals surface area contributed by atoms with Crippen molar-refractivity contribution in [3.8, 4) is 0 Å². The Balaban J connectivity index is 2.87. The molecule has 0 spiro atoms. The highest BCUT2D eigenvalue weighted by Gasteiger charge is 2.26. The minimum absolute atomic E-state index is 0.245. The van der Waals surface area contributed by atoms with Crippen molar-refractivity contribution in [2.45, 2.75) is 20.0 Å². The predicted octanol–water partition coefficient (Wildman–Crippen LogP) is 2.28. The smallest absolute Gasteiger partial charge is 0.362 e. The maximum atomic E-state index is 12.2. The van der Waals surface area contributed by atoms with Gasteiger partial charge in [0.15, 0.2) is 10.2 Å². The van der Waals surface area contributed by atoms with E-state index in [4.69, 9.17) is 24.4 Å². The number of rotatable bonds is 6. The fourth-order valence-electron chi connectivity index (χ4n) is 1.66. The first-order valence-corrected chi connectivity index (χ1v) is 8.36. The van der Waals surface area contributed by atoms with E-state index in [1.54, 1.807) is 6.92 Å². The lowest BCUT2D eigenvalue weighted by Crippen LogP contribution is -2.39. The molecule has 0 saturated carbocycles. The van der Waals surface area contributed by atoms with Gasteiger partial charge in [-0.15, -0.1) is 0 Å². The van der Waals surface area contributed by atoms with E-state index in [2.05, 4.69) is 26.4 Å². The molecule has 26 heavy (non-hydrogen) atoms. The second-order valence-electron chi connectivity index (χ2n) is 4.90. The Morgan fingerprint density at radius 1 is 1.00 bits per heavy atom. The van der Waals surface area contributed by atoms with Crippen LogP contribution in [0.2, 0.25) is 0 Å². The molecular weight excluding hydrogens is 385 g/mol. The van der Waals surface area contributed by atoms with Crippen LogP contribution in [0.3, 0.4) is 0 Å². The van der Waals surface area contributed by atoms with Crippen molar-refractivity contribution in [1.82, 2.24) is 21.5 Å². The summed E-state index contributed by atoms with van der Waals surface area (Å²) >= 11 is 9.83. The van der Waals surface area contributed by atoms with Crippen LogP contribution in [0.4, 0.5) is 13.2 Å². The average Bonchev–Trinajstić information content (AvgIpc) is 2.59. The van der Waals surface area contributed by atoms with E-state index in [1.165, 1.54) is 0 Å². The molecule has 11 heteroatoms. The highest BCUT2D eigenvalue weighted by Crippen LogP contribution is 2.11. The molecule has 4 N–H and O–H groups in total. The average molecular weight is 404 g/mol. The molecule has 0 aliphatic heterocycles. The van der Waals surface area contributed by atoms with Crippen molar-refractivity contribution in [2.75, 3.05) is 13.1 Å². The van der Waals surface area contributed by atoms with Crippen LogP contribution < -0.4 is 21.5 Å². The lowest BCUT2D eigenvalue weighted by molar-refractivity contribution is -0.122. The molecule has 1 aromatic carbocycles. The van der Waals surface area contributed by atoms with Crippen LogP contribution in [0, 0.1) is 0 Å². The van der Waals surface area contributed by atoms with Gasteiger partial charge in [-0.25, -0.2) is 0 Å². The minimum atomic E-state index is -4.37. The van der Waals surface area contributed by atoms with E-state index in [1.807, 2.05) is 42.6 Å². The molecule has 0 unspecified atom stereocenters. The molecule has 0 atom stereocenters. The molecule has 0 heterocycles. The Labute approximate surface area is 160 Å². The number of benzene rings is 1. The molecule has 0 aliphatic rings. The summed E-state index contributed by atoms with van der Waals surface area (Å²) in [5.41, 5.74) is 6.67. The fourth-order valence-corrected chi connectivity index (χ4v) is 1.97. The summed E-state index contributed by atoms with van der Waals surface area (Å²) in [6, 6.07) is 9.12. The molecule has 0 aromatic heterocycles. The van der Waals surface area contributed by atoms with Gasteiger partial charge in [-0.1, -0.05) is 30.3 Å².